The van der Waals surface area contributed by atoms with E-state index in [-0.39, 0.29) is 23.8 Å². The molecule has 4 nitrogen and oxygen atoms in total. The van der Waals surface area contributed by atoms with E-state index in [1.165, 1.54) is 0 Å². The summed E-state index contributed by atoms with van der Waals surface area (Å²) in [5, 5.41) is 2.92. The number of carbonyl (C=O) groups excluding carboxylic acids is 2. The van der Waals surface area contributed by atoms with Gasteiger partial charge in [0.05, 0.1) is 6.04 Å². The van der Waals surface area contributed by atoms with Crippen LogP contribution in [0.25, 0.3) is 0 Å². The van der Waals surface area contributed by atoms with Crippen LogP contribution in [0, 0.1) is 5.92 Å². The highest BCUT2D eigenvalue weighted by Crippen LogP contribution is 2.31. The van der Waals surface area contributed by atoms with Crippen LogP contribution in [-0.2, 0) is 4.79 Å². The molecule has 0 aliphatic heterocycles. The van der Waals surface area contributed by atoms with Crippen LogP contribution in [-0.4, -0.2) is 23.8 Å². The first-order valence-corrected chi connectivity index (χ1v) is 8.79. The molecule has 2 aromatic rings. The number of benzene rings is 2. The summed E-state index contributed by atoms with van der Waals surface area (Å²) in [6.45, 7) is 2.02. The number of hydrogen-bond donors (Lipinski definition) is 1. The van der Waals surface area contributed by atoms with Crippen LogP contribution in [0.15, 0.2) is 54.6 Å². The van der Waals surface area contributed by atoms with Crippen molar-refractivity contribution in [1.82, 2.24) is 4.90 Å². The number of anilines is 1. The average molecular weight is 336 g/mol. The molecule has 0 spiro atoms. The standard InChI is InChI=1S/C21H24N2O2/c1-15(23(2)21(25)17-10-6-11-17)18-12-7-13-19(14-18)22-20(24)16-8-4-3-5-9-16/h3-5,7-9,12-15,17H,6,10-11H2,1-2H3,(H,22,24). The van der Waals surface area contributed by atoms with Crippen molar-refractivity contribution in [3.8, 4) is 0 Å². The highest BCUT2D eigenvalue weighted by molar-refractivity contribution is 6.04. The Hall–Kier alpha value is -2.62. The number of amides is 2. The first-order valence-electron chi connectivity index (χ1n) is 8.79. The van der Waals surface area contributed by atoms with Crippen molar-refractivity contribution in [2.24, 2.45) is 5.92 Å². The van der Waals surface area contributed by atoms with Gasteiger partial charge < -0.3 is 10.2 Å². The maximum absolute atomic E-state index is 12.4. The fourth-order valence-electron chi connectivity index (χ4n) is 3.03. The highest BCUT2D eigenvalue weighted by atomic mass is 16.2. The Balaban J connectivity index is 1.70. The molecule has 3 rings (SSSR count). The normalized spacial score (nSPS) is 15.1. The van der Waals surface area contributed by atoms with Crippen LogP contribution in [0.3, 0.4) is 0 Å². The van der Waals surface area contributed by atoms with Crippen molar-refractivity contribution >= 4 is 17.5 Å². The van der Waals surface area contributed by atoms with Crippen LogP contribution in [0.2, 0.25) is 0 Å². The zero-order chi connectivity index (χ0) is 17.8. The molecule has 0 heterocycles. The number of rotatable bonds is 5. The van der Waals surface area contributed by atoms with Crippen molar-refractivity contribution in [3.05, 3.63) is 65.7 Å². The van der Waals surface area contributed by atoms with Gasteiger partial charge in [0.25, 0.3) is 5.91 Å². The van der Waals surface area contributed by atoms with Crippen molar-refractivity contribution in [3.63, 3.8) is 0 Å². The van der Waals surface area contributed by atoms with Crippen molar-refractivity contribution in [2.75, 3.05) is 12.4 Å². The van der Waals surface area contributed by atoms with E-state index in [1.807, 2.05) is 61.3 Å². The number of nitrogens with zero attached hydrogens (tertiary/aromatic N) is 1. The second-order valence-electron chi connectivity index (χ2n) is 6.70. The molecule has 1 saturated carbocycles. The molecule has 2 amide bonds. The molecule has 1 unspecified atom stereocenters. The van der Waals surface area contributed by atoms with Gasteiger partial charge in [0.15, 0.2) is 0 Å². The molecule has 0 bridgehead atoms. The molecule has 130 valence electrons. The lowest BCUT2D eigenvalue weighted by Gasteiger charge is -2.33. The smallest absolute Gasteiger partial charge is 0.255 e. The Kier molecular flexibility index (Phi) is 5.17. The third-order valence-electron chi connectivity index (χ3n) is 5.05. The quantitative estimate of drug-likeness (QED) is 0.887. The second kappa shape index (κ2) is 7.51. The number of hydrogen-bond acceptors (Lipinski definition) is 2. The fourth-order valence-corrected chi connectivity index (χ4v) is 3.03. The van der Waals surface area contributed by atoms with E-state index in [4.69, 9.17) is 0 Å². The van der Waals surface area contributed by atoms with Gasteiger partial charge in [0.1, 0.15) is 0 Å². The molecule has 2 aromatic carbocycles. The lowest BCUT2D eigenvalue weighted by atomic mass is 9.84. The molecule has 1 aliphatic carbocycles. The van der Waals surface area contributed by atoms with Gasteiger partial charge in [0.2, 0.25) is 5.91 Å². The summed E-state index contributed by atoms with van der Waals surface area (Å²) in [5.41, 5.74) is 2.38. The predicted molar refractivity (Wildman–Crippen MR) is 99.4 cm³/mol. The minimum atomic E-state index is -0.135. The Morgan fingerprint density at radius 3 is 2.44 bits per heavy atom. The summed E-state index contributed by atoms with van der Waals surface area (Å²) in [5.74, 6) is 0.273. The number of nitrogens with one attached hydrogen (secondary N) is 1. The predicted octanol–water partition coefficient (Wildman–Crippen LogP) is 4.26. The molecular weight excluding hydrogens is 312 g/mol. The summed E-state index contributed by atoms with van der Waals surface area (Å²) in [7, 11) is 1.86. The Bertz CT molecular complexity index is 754. The second-order valence-corrected chi connectivity index (χ2v) is 6.70. The van der Waals surface area contributed by atoms with Gasteiger partial charge in [-0.15, -0.1) is 0 Å². The largest absolute Gasteiger partial charge is 0.339 e. The lowest BCUT2D eigenvalue weighted by molar-refractivity contribution is -0.138. The van der Waals surface area contributed by atoms with Crippen molar-refractivity contribution < 1.29 is 9.59 Å². The average Bonchev–Trinajstić information content (AvgIpc) is 2.60. The van der Waals surface area contributed by atoms with Gasteiger partial charge in [-0.25, -0.2) is 0 Å². The summed E-state index contributed by atoms with van der Waals surface area (Å²) in [6, 6.07) is 16.8. The molecule has 0 saturated heterocycles. The Labute approximate surface area is 148 Å². The molecule has 0 radical (unpaired) electrons. The molecule has 25 heavy (non-hydrogen) atoms. The van der Waals surface area contributed by atoms with Gasteiger partial charge in [-0.1, -0.05) is 36.8 Å². The Morgan fingerprint density at radius 1 is 1.08 bits per heavy atom. The topological polar surface area (TPSA) is 49.4 Å². The van der Waals surface area contributed by atoms with Gasteiger partial charge in [0, 0.05) is 24.2 Å². The zero-order valence-corrected chi connectivity index (χ0v) is 14.7. The van der Waals surface area contributed by atoms with Crippen molar-refractivity contribution in [2.45, 2.75) is 32.2 Å². The third kappa shape index (κ3) is 3.90. The van der Waals surface area contributed by atoms with Gasteiger partial charge in [-0.2, -0.15) is 0 Å². The van der Waals surface area contributed by atoms with E-state index in [0.29, 0.717) is 5.56 Å². The van der Waals surface area contributed by atoms with Gasteiger partial charge in [-0.3, -0.25) is 9.59 Å². The van der Waals surface area contributed by atoms with Crippen LogP contribution in [0.4, 0.5) is 5.69 Å². The molecule has 1 fully saturated rings. The van der Waals surface area contributed by atoms with Crippen molar-refractivity contribution in [1.29, 1.82) is 0 Å². The summed E-state index contributed by atoms with van der Waals surface area (Å²) >= 11 is 0. The first kappa shape index (κ1) is 17.2. The van der Waals surface area contributed by atoms with Gasteiger partial charge in [-0.05, 0) is 49.6 Å². The minimum Gasteiger partial charge on any atom is -0.339 e. The monoisotopic (exact) mass is 336 g/mol. The SMILES string of the molecule is CC(c1cccc(NC(=O)c2ccccc2)c1)N(C)C(=O)C1CCC1. The van der Waals surface area contributed by atoms with Crippen LogP contribution >= 0.6 is 0 Å². The van der Waals surface area contributed by atoms with Crippen LogP contribution < -0.4 is 5.32 Å². The lowest BCUT2D eigenvalue weighted by Crippen LogP contribution is -2.37. The van der Waals surface area contributed by atoms with Gasteiger partial charge >= 0.3 is 0 Å². The van der Waals surface area contributed by atoms with E-state index in [1.54, 1.807) is 12.1 Å². The van der Waals surface area contributed by atoms with E-state index in [2.05, 4.69) is 5.32 Å². The highest BCUT2D eigenvalue weighted by Gasteiger charge is 2.30. The van der Waals surface area contributed by atoms with E-state index in [0.717, 1.165) is 30.5 Å². The van der Waals surface area contributed by atoms with Crippen LogP contribution in [0.1, 0.15) is 48.1 Å². The fraction of sp³-hybridized carbons (Fsp3) is 0.333. The number of carbonyl (C=O) groups is 2. The molecule has 1 N–H and O–H groups in total. The maximum atomic E-state index is 12.4. The molecule has 4 heteroatoms. The molecule has 1 atom stereocenters. The maximum Gasteiger partial charge on any atom is 0.255 e. The minimum absolute atomic E-state index is 0.0262. The zero-order valence-electron chi connectivity index (χ0n) is 14.7. The first-order chi connectivity index (χ1) is 12.1. The summed E-state index contributed by atoms with van der Waals surface area (Å²) in [4.78, 5) is 26.6. The van der Waals surface area contributed by atoms with E-state index >= 15 is 0 Å². The summed E-state index contributed by atoms with van der Waals surface area (Å²) in [6.07, 6.45) is 3.16. The van der Waals surface area contributed by atoms with E-state index in [9.17, 15) is 9.59 Å². The van der Waals surface area contributed by atoms with E-state index < -0.39 is 0 Å². The molecular formula is C21H24N2O2. The molecule has 0 aromatic heterocycles. The summed E-state index contributed by atoms with van der Waals surface area (Å²) < 4.78 is 0. The third-order valence-corrected chi connectivity index (χ3v) is 5.05. The molecule has 1 aliphatic rings. The van der Waals surface area contributed by atoms with Crippen LogP contribution in [0.5, 0.6) is 0 Å². The Morgan fingerprint density at radius 2 is 1.80 bits per heavy atom.